The Morgan fingerprint density at radius 1 is 0.844 bits per heavy atom. The lowest BCUT2D eigenvalue weighted by molar-refractivity contribution is -0.276. The zero-order chi connectivity index (χ0) is 23.1. The molecule has 1 aromatic carbocycles. The Kier molecular flexibility index (Phi) is 9.21. The second-order valence-corrected chi connectivity index (χ2v) is 9.61. The largest absolute Gasteiger partial charge is 0.573 e. The van der Waals surface area contributed by atoms with E-state index in [9.17, 15) is 22.0 Å². The van der Waals surface area contributed by atoms with Crippen LogP contribution in [0.25, 0.3) is 0 Å². The normalized spacial score (nSPS) is 26.8. The summed E-state index contributed by atoms with van der Waals surface area (Å²) in [5.41, 5.74) is 0.247. The van der Waals surface area contributed by atoms with Crippen molar-refractivity contribution in [2.24, 2.45) is 23.7 Å². The fourth-order valence-electron chi connectivity index (χ4n) is 5.59. The predicted octanol–water partition coefficient (Wildman–Crippen LogP) is 7.84. The van der Waals surface area contributed by atoms with Gasteiger partial charge >= 0.3 is 6.36 Å². The van der Waals surface area contributed by atoms with Crippen molar-refractivity contribution in [3.63, 3.8) is 0 Å². The van der Waals surface area contributed by atoms with E-state index in [0.717, 1.165) is 42.7 Å². The number of rotatable bonds is 9. The lowest BCUT2D eigenvalue weighted by atomic mass is 9.69. The van der Waals surface area contributed by atoms with Crippen LogP contribution in [0.4, 0.5) is 22.0 Å². The van der Waals surface area contributed by atoms with Crippen LogP contribution < -0.4 is 4.74 Å². The Morgan fingerprint density at radius 2 is 1.38 bits per heavy atom. The smallest absolute Gasteiger partial charge is 0.399 e. The Morgan fingerprint density at radius 3 is 1.88 bits per heavy atom. The molecule has 0 amide bonds. The van der Waals surface area contributed by atoms with Gasteiger partial charge in [-0.05, 0) is 86.3 Å². The van der Waals surface area contributed by atoms with E-state index in [2.05, 4.69) is 11.7 Å². The maximum atomic E-state index is 13.8. The first kappa shape index (κ1) is 25.3. The SMILES string of the molecule is CCCC1CCC(C2CCC(COCCc3cc(F)c(OC(F)(F)F)c(F)c3)CC2)CC1. The van der Waals surface area contributed by atoms with E-state index in [1.807, 2.05) is 0 Å². The highest BCUT2D eigenvalue weighted by molar-refractivity contribution is 5.31. The maximum absolute atomic E-state index is 13.8. The van der Waals surface area contributed by atoms with Crippen molar-refractivity contribution in [1.82, 2.24) is 0 Å². The zero-order valence-electron chi connectivity index (χ0n) is 18.9. The van der Waals surface area contributed by atoms with Gasteiger partial charge in [-0.15, -0.1) is 13.2 Å². The van der Waals surface area contributed by atoms with E-state index >= 15 is 0 Å². The number of benzene rings is 1. The number of hydrogen-bond acceptors (Lipinski definition) is 2. The summed E-state index contributed by atoms with van der Waals surface area (Å²) in [6, 6.07) is 1.74. The molecular formula is C25H35F5O2. The lowest BCUT2D eigenvalue weighted by Crippen LogP contribution is -2.27. The molecule has 2 nitrogen and oxygen atoms in total. The van der Waals surface area contributed by atoms with Crippen molar-refractivity contribution in [2.75, 3.05) is 13.2 Å². The van der Waals surface area contributed by atoms with Crippen LogP contribution in [0.2, 0.25) is 0 Å². The molecule has 1 aromatic rings. The molecule has 0 aromatic heterocycles. The molecule has 0 unspecified atom stereocenters. The van der Waals surface area contributed by atoms with Gasteiger partial charge in [-0.2, -0.15) is 0 Å². The second kappa shape index (κ2) is 11.7. The molecule has 2 aliphatic carbocycles. The minimum absolute atomic E-state index is 0.233. The number of hydrogen-bond donors (Lipinski definition) is 0. The van der Waals surface area contributed by atoms with Crippen LogP contribution in [-0.4, -0.2) is 19.6 Å². The highest BCUT2D eigenvalue weighted by Gasteiger charge is 2.34. The average molecular weight is 463 g/mol. The third-order valence-electron chi connectivity index (χ3n) is 7.31. The third kappa shape index (κ3) is 7.60. The fourth-order valence-corrected chi connectivity index (χ4v) is 5.59. The van der Waals surface area contributed by atoms with Gasteiger partial charge < -0.3 is 9.47 Å². The molecule has 2 fully saturated rings. The molecule has 3 rings (SSSR count). The lowest BCUT2D eigenvalue weighted by Gasteiger charge is -2.37. The van der Waals surface area contributed by atoms with Gasteiger partial charge in [0.15, 0.2) is 11.6 Å². The van der Waals surface area contributed by atoms with Gasteiger partial charge in [0.05, 0.1) is 6.61 Å². The fraction of sp³-hybridized carbons (Fsp3) is 0.760. The van der Waals surface area contributed by atoms with Gasteiger partial charge in [-0.25, -0.2) is 8.78 Å². The molecule has 0 saturated heterocycles. The van der Waals surface area contributed by atoms with Crippen LogP contribution in [-0.2, 0) is 11.2 Å². The molecule has 2 saturated carbocycles. The minimum Gasteiger partial charge on any atom is -0.399 e. The highest BCUT2D eigenvalue weighted by Crippen LogP contribution is 2.42. The topological polar surface area (TPSA) is 18.5 Å². The number of halogens is 5. The van der Waals surface area contributed by atoms with Gasteiger partial charge in [-0.1, -0.05) is 32.6 Å². The molecule has 0 radical (unpaired) electrons. The number of alkyl halides is 3. The Bertz CT molecular complexity index is 682. The molecule has 0 atom stereocenters. The van der Waals surface area contributed by atoms with E-state index in [1.165, 1.54) is 51.4 Å². The predicted molar refractivity (Wildman–Crippen MR) is 113 cm³/mol. The molecular weight excluding hydrogens is 427 g/mol. The van der Waals surface area contributed by atoms with Gasteiger partial charge in [-0.3, -0.25) is 0 Å². The summed E-state index contributed by atoms with van der Waals surface area (Å²) in [5.74, 6) is -0.956. The molecule has 0 N–H and O–H groups in total. The van der Waals surface area contributed by atoms with Crippen molar-refractivity contribution in [3.05, 3.63) is 29.3 Å². The van der Waals surface area contributed by atoms with Crippen molar-refractivity contribution < 1.29 is 31.4 Å². The molecule has 182 valence electrons. The van der Waals surface area contributed by atoms with E-state index in [1.54, 1.807) is 0 Å². The van der Waals surface area contributed by atoms with Gasteiger partial charge in [0, 0.05) is 6.61 Å². The monoisotopic (exact) mass is 462 g/mol. The van der Waals surface area contributed by atoms with Crippen LogP contribution in [0, 0.1) is 35.3 Å². The summed E-state index contributed by atoms with van der Waals surface area (Å²) in [6.45, 7) is 3.17. The van der Waals surface area contributed by atoms with E-state index in [4.69, 9.17) is 4.74 Å². The van der Waals surface area contributed by atoms with Crippen LogP contribution in [0.15, 0.2) is 12.1 Å². The first-order chi connectivity index (χ1) is 15.2. The van der Waals surface area contributed by atoms with Gasteiger partial charge in [0.25, 0.3) is 0 Å². The summed E-state index contributed by atoms with van der Waals surface area (Å²) in [6.07, 6.45) is 8.16. The minimum atomic E-state index is -5.14. The van der Waals surface area contributed by atoms with Crippen molar-refractivity contribution in [2.45, 2.75) is 83.9 Å². The van der Waals surface area contributed by atoms with E-state index in [-0.39, 0.29) is 18.6 Å². The molecule has 0 bridgehead atoms. The summed E-state index contributed by atoms with van der Waals surface area (Å²) < 4.78 is 73.4. The van der Waals surface area contributed by atoms with Crippen molar-refractivity contribution >= 4 is 0 Å². The van der Waals surface area contributed by atoms with Crippen LogP contribution in [0.3, 0.4) is 0 Å². The van der Waals surface area contributed by atoms with Crippen LogP contribution >= 0.6 is 0 Å². The van der Waals surface area contributed by atoms with Crippen LogP contribution in [0.5, 0.6) is 5.75 Å². The van der Waals surface area contributed by atoms with Gasteiger partial charge in [0.2, 0.25) is 5.75 Å². The summed E-state index contributed by atoms with van der Waals surface area (Å²) >= 11 is 0. The molecule has 2 aliphatic rings. The van der Waals surface area contributed by atoms with Crippen molar-refractivity contribution in [1.29, 1.82) is 0 Å². The number of ether oxygens (including phenoxy) is 2. The van der Waals surface area contributed by atoms with Crippen molar-refractivity contribution in [3.8, 4) is 5.75 Å². The molecule has 0 heterocycles. The summed E-state index contributed by atoms with van der Waals surface area (Å²) in [4.78, 5) is 0. The molecule has 32 heavy (non-hydrogen) atoms. The summed E-state index contributed by atoms with van der Waals surface area (Å²) in [5, 5.41) is 0. The molecule has 7 heteroatoms. The third-order valence-corrected chi connectivity index (χ3v) is 7.31. The molecule has 0 spiro atoms. The van der Waals surface area contributed by atoms with E-state index in [0.29, 0.717) is 12.5 Å². The first-order valence-corrected chi connectivity index (χ1v) is 12.1. The average Bonchev–Trinajstić information content (AvgIpc) is 2.74. The highest BCUT2D eigenvalue weighted by atomic mass is 19.4. The quantitative estimate of drug-likeness (QED) is 0.275. The Hall–Kier alpha value is -1.37. The first-order valence-electron chi connectivity index (χ1n) is 12.1. The zero-order valence-corrected chi connectivity index (χ0v) is 18.9. The van der Waals surface area contributed by atoms with Gasteiger partial charge in [0.1, 0.15) is 0 Å². The van der Waals surface area contributed by atoms with Crippen LogP contribution in [0.1, 0.15) is 76.7 Å². The molecule has 0 aliphatic heterocycles. The summed E-state index contributed by atoms with van der Waals surface area (Å²) in [7, 11) is 0. The Labute approximate surface area is 187 Å². The second-order valence-electron chi connectivity index (χ2n) is 9.61. The Balaban J connectivity index is 1.34. The maximum Gasteiger partial charge on any atom is 0.573 e. The standard InChI is InChI=1S/C25H35F5O2/c1-2-3-17-4-8-20(9-5-17)21-10-6-18(7-11-21)16-31-13-12-19-14-22(26)24(23(27)15-19)32-25(28,29)30/h14-15,17-18,20-21H,2-13,16H2,1H3. The van der Waals surface area contributed by atoms with E-state index < -0.39 is 23.7 Å².